The molecule has 4 fully saturated rings. The molecule has 0 aliphatic carbocycles. The summed E-state index contributed by atoms with van der Waals surface area (Å²) in [6.45, 7) is -2.57. The average Bonchev–Trinajstić information content (AvgIpc) is 2.98. The maximum Gasteiger partial charge on any atom is 0.187 e. The van der Waals surface area contributed by atoms with Gasteiger partial charge in [0.1, 0.15) is 73.2 Å². The minimum Gasteiger partial charge on any atom is -0.394 e. The number of ether oxygens (including phenoxy) is 7. The lowest BCUT2D eigenvalue weighted by Crippen LogP contribution is -2.63. The Balaban J connectivity index is 1.51. The molecule has 4 saturated heterocycles. The molecule has 0 aromatic heterocycles. The highest BCUT2D eigenvalue weighted by molar-refractivity contribution is 4.94. The summed E-state index contributed by atoms with van der Waals surface area (Å²) < 4.78 is 38.5. The Kier molecular flexibility index (Phi) is 12.4. The Labute approximate surface area is 244 Å². The number of aliphatic hydroxyl groups is 12. The van der Waals surface area contributed by atoms with Crippen LogP contribution in [0.1, 0.15) is 12.8 Å². The molecule has 4 heterocycles. The molecule has 0 radical (unpaired) electrons. The molecule has 1 unspecified atom stereocenters. The van der Waals surface area contributed by atoms with Crippen LogP contribution >= 0.6 is 0 Å². The van der Waals surface area contributed by atoms with E-state index in [1.165, 1.54) is 0 Å². The average molecular weight is 635 g/mol. The quantitative estimate of drug-likeness (QED) is 0.106. The first-order valence-electron chi connectivity index (χ1n) is 13.9. The number of rotatable bonds is 10. The molecule has 12 N–H and O–H groups in total. The van der Waals surface area contributed by atoms with Crippen molar-refractivity contribution in [2.45, 2.75) is 123 Å². The molecule has 0 amide bonds. The number of hydrogen-bond donors (Lipinski definition) is 12. The molecule has 0 aromatic carbocycles. The van der Waals surface area contributed by atoms with E-state index in [9.17, 15) is 61.3 Å². The molecule has 0 spiro atoms. The first-order valence-corrected chi connectivity index (χ1v) is 13.9. The molecule has 4 aliphatic rings. The lowest BCUT2D eigenvalue weighted by atomic mass is 9.97. The zero-order chi connectivity index (χ0) is 31.6. The van der Waals surface area contributed by atoms with Crippen LogP contribution in [-0.2, 0) is 33.2 Å². The van der Waals surface area contributed by atoms with Gasteiger partial charge in [-0.2, -0.15) is 0 Å². The predicted octanol–water partition coefficient (Wildman–Crippen LogP) is -7.69. The Hall–Kier alpha value is -0.760. The third-order valence-corrected chi connectivity index (χ3v) is 7.96. The van der Waals surface area contributed by atoms with E-state index in [4.69, 9.17) is 33.2 Å². The second-order valence-corrected chi connectivity index (χ2v) is 11.0. The number of hydrogen-bond acceptors (Lipinski definition) is 19. The molecule has 0 saturated carbocycles. The highest BCUT2D eigenvalue weighted by Gasteiger charge is 2.51. The van der Waals surface area contributed by atoms with Crippen LogP contribution in [0.3, 0.4) is 0 Å². The second kappa shape index (κ2) is 15.2. The molecule has 252 valence electrons. The van der Waals surface area contributed by atoms with Gasteiger partial charge in [-0.25, -0.2) is 0 Å². The van der Waals surface area contributed by atoms with Gasteiger partial charge < -0.3 is 94.4 Å². The second-order valence-electron chi connectivity index (χ2n) is 11.0. The molecule has 0 aromatic rings. The summed E-state index contributed by atoms with van der Waals surface area (Å²) in [7, 11) is 0. The smallest absolute Gasteiger partial charge is 0.187 e. The largest absolute Gasteiger partial charge is 0.394 e. The molecule has 19 heteroatoms. The summed E-state index contributed by atoms with van der Waals surface area (Å²) >= 11 is 0. The molecule has 4 rings (SSSR count). The molecule has 43 heavy (non-hydrogen) atoms. The van der Waals surface area contributed by atoms with Gasteiger partial charge in [-0.05, 0) is 0 Å². The molecule has 18 atom stereocenters. The summed E-state index contributed by atoms with van der Waals surface area (Å²) in [6.07, 6.45) is -27.7. The van der Waals surface area contributed by atoms with Crippen molar-refractivity contribution in [2.75, 3.05) is 26.4 Å². The lowest BCUT2D eigenvalue weighted by Gasteiger charge is -2.46. The van der Waals surface area contributed by atoms with Crippen LogP contribution < -0.4 is 0 Å². The zero-order valence-corrected chi connectivity index (χ0v) is 22.9. The van der Waals surface area contributed by atoms with Crippen LogP contribution in [0.25, 0.3) is 0 Å². The third kappa shape index (κ3) is 7.80. The molecule has 19 nitrogen and oxygen atoms in total. The summed E-state index contributed by atoms with van der Waals surface area (Å²) in [5.74, 6) is 0. The Morgan fingerprint density at radius 1 is 0.512 bits per heavy atom. The summed E-state index contributed by atoms with van der Waals surface area (Å²) in [6, 6.07) is 0. The first kappa shape index (κ1) is 35.1. The highest BCUT2D eigenvalue weighted by Crippen LogP contribution is 2.32. The van der Waals surface area contributed by atoms with Crippen molar-refractivity contribution in [3.05, 3.63) is 0 Å². The molecule has 4 aliphatic heterocycles. The van der Waals surface area contributed by atoms with Gasteiger partial charge in [0, 0.05) is 12.8 Å². The van der Waals surface area contributed by atoms with Crippen LogP contribution in [0.5, 0.6) is 0 Å². The summed E-state index contributed by atoms with van der Waals surface area (Å²) in [5, 5.41) is 121. The van der Waals surface area contributed by atoms with E-state index in [0.717, 1.165) is 0 Å². The van der Waals surface area contributed by atoms with Crippen LogP contribution in [0, 0.1) is 0 Å². The minimum absolute atomic E-state index is 0.188. The van der Waals surface area contributed by atoms with E-state index < -0.39 is 137 Å². The van der Waals surface area contributed by atoms with Gasteiger partial charge in [0.15, 0.2) is 25.2 Å². The normalized spacial score (nSPS) is 51.3. The van der Waals surface area contributed by atoms with Gasteiger partial charge in [-0.3, -0.25) is 0 Å². The molecular formula is C24H42O19. The van der Waals surface area contributed by atoms with Crippen LogP contribution in [0.4, 0.5) is 0 Å². The lowest BCUT2D eigenvalue weighted by molar-refractivity contribution is -0.361. The monoisotopic (exact) mass is 634 g/mol. The maximum atomic E-state index is 11.1. The highest BCUT2D eigenvalue weighted by atomic mass is 16.7. The predicted molar refractivity (Wildman–Crippen MR) is 131 cm³/mol. The SMILES string of the molecule is OC[C@H]1O[C@@H](O[C@@H]2C[C@H](O[C@H]3[C@H](O)[C@@H](CO)OC(O)[C@@H]3O)O[C@H](CO[C@@H]3O[C@H](CO)[C@@H](O)C[C@H]3O)[C@H]2O)[C@H](O)[C@@H](O)[C@@H]1O. The molecular weight excluding hydrogens is 592 g/mol. The molecule has 0 bridgehead atoms. The van der Waals surface area contributed by atoms with Gasteiger partial charge >= 0.3 is 0 Å². The van der Waals surface area contributed by atoms with Gasteiger partial charge in [0.2, 0.25) is 0 Å². The van der Waals surface area contributed by atoms with E-state index in [-0.39, 0.29) is 12.8 Å². The fourth-order valence-corrected chi connectivity index (χ4v) is 5.39. The third-order valence-electron chi connectivity index (χ3n) is 7.96. The van der Waals surface area contributed by atoms with Crippen LogP contribution in [0.2, 0.25) is 0 Å². The van der Waals surface area contributed by atoms with E-state index in [1.54, 1.807) is 0 Å². The Morgan fingerprint density at radius 3 is 1.79 bits per heavy atom. The van der Waals surface area contributed by atoms with E-state index >= 15 is 0 Å². The van der Waals surface area contributed by atoms with Gasteiger partial charge in [-0.15, -0.1) is 0 Å². The standard InChI is InChI=1S/C24H42O19/c25-3-10-7(28)1-8(29)23(41-10)37-6-13-15(30)9(40-24-19(34)18(33)16(31)11(4-26)42-24)2-14(38-13)43-21-17(32)12(5-27)39-22(36)20(21)35/h7-36H,1-6H2/t7-,8+,9+,10+,11+,12+,13+,14-,15-,16+,17+,18-,19+,20+,21-,22?,23+,24+/m0/s1. The summed E-state index contributed by atoms with van der Waals surface area (Å²) in [5.41, 5.74) is 0. The first-order chi connectivity index (χ1) is 20.4. The van der Waals surface area contributed by atoms with Crippen molar-refractivity contribution in [3.8, 4) is 0 Å². The van der Waals surface area contributed by atoms with Crippen molar-refractivity contribution in [1.82, 2.24) is 0 Å². The maximum absolute atomic E-state index is 11.1. The van der Waals surface area contributed by atoms with Crippen molar-refractivity contribution in [3.63, 3.8) is 0 Å². The van der Waals surface area contributed by atoms with Crippen molar-refractivity contribution in [2.24, 2.45) is 0 Å². The minimum atomic E-state index is -1.85. The van der Waals surface area contributed by atoms with E-state index in [2.05, 4.69) is 0 Å². The Morgan fingerprint density at radius 2 is 1.14 bits per heavy atom. The van der Waals surface area contributed by atoms with Gasteiger partial charge in [0.25, 0.3) is 0 Å². The topological polar surface area (TPSA) is 307 Å². The fraction of sp³-hybridized carbons (Fsp3) is 1.00. The summed E-state index contributed by atoms with van der Waals surface area (Å²) in [4.78, 5) is 0. The van der Waals surface area contributed by atoms with E-state index in [0.29, 0.717) is 0 Å². The van der Waals surface area contributed by atoms with E-state index in [1.807, 2.05) is 0 Å². The van der Waals surface area contributed by atoms with Crippen molar-refractivity contribution < 1.29 is 94.4 Å². The van der Waals surface area contributed by atoms with Gasteiger partial charge in [-0.1, -0.05) is 0 Å². The zero-order valence-electron chi connectivity index (χ0n) is 22.9. The van der Waals surface area contributed by atoms with Gasteiger partial charge in [0.05, 0.1) is 38.6 Å². The van der Waals surface area contributed by atoms with Crippen molar-refractivity contribution in [1.29, 1.82) is 0 Å². The fourth-order valence-electron chi connectivity index (χ4n) is 5.39. The number of aliphatic hydroxyl groups excluding tert-OH is 12. The van der Waals surface area contributed by atoms with Crippen molar-refractivity contribution >= 4 is 0 Å². The Bertz CT molecular complexity index is 853. The van der Waals surface area contributed by atoms with Crippen LogP contribution in [-0.4, -0.2) is 198 Å². The van der Waals surface area contributed by atoms with Crippen LogP contribution in [0.15, 0.2) is 0 Å².